The molecule has 0 spiro atoms. The van der Waals surface area contributed by atoms with Crippen molar-refractivity contribution in [1.29, 1.82) is 0 Å². The predicted octanol–water partition coefficient (Wildman–Crippen LogP) is 5.62. The fourth-order valence-corrected chi connectivity index (χ4v) is 3.17. The summed E-state index contributed by atoms with van der Waals surface area (Å²) < 4.78 is 13.2. The van der Waals surface area contributed by atoms with Crippen molar-refractivity contribution in [1.82, 2.24) is 0 Å². The first-order chi connectivity index (χ1) is 13.5. The van der Waals surface area contributed by atoms with Crippen molar-refractivity contribution in [3.8, 4) is 0 Å². The van der Waals surface area contributed by atoms with Crippen LogP contribution in [-0.2, 0) is 4.79 Å². The first kappa shape index (κ1) is 18.1. The quantitative estimate of drug-likeness (QED) is 0.534. The molecule has 0 saturated heterocycles. The zero-order chi connectivity index (χ0) is 19.7. The summed E-state index contributed by atoms with van der Waals surface area (Å²) in [5.41, 5.74) is 3.58. The van der Waals surface area contributed by atoms with E-state index in [1.165, 1.54) is 12.1 Å². The minimum absolute atomic E-state index is 0.247. The van der Waals surface area contributed by atoms with Crippen LogP contribution in [0.15, 0.2) is 83.5 Å². The summed E-state index contributed by atoms with van der Waals surface area (Å²) in [6, 6.07) is 20.8. The lowest BCUT2D eigenvalue weighted by Gasteiger charge is -2.18. The van der Waals surface area contributed by atoms with E-state index in [1.807, 2.05) is 31.2 Å². The summed E-state index contributed by atoms with van der Waals surface area (Å²) in [7, 11) is 0. The molecular weight excluding hydrogens is 375 g/mol. The van der Waals surface area contributed by atoms with Crippen molar-refractivity contribution in [3.05, 3.63) is 106 Å². The van der Waals surface area contributed by atoms with Gasteiger partial charge < -0.3 is 0 Å². The van der Waals surface area contributed by atoms with E-state index < -0.39 is 0 Å². The summed E-state index contributed by atoms with van der Waals surface area (Å²) in [5, 5.41) is 0.589. The Morgan fingerprint density at radius 3 is 2.39 bits per heavy atom. The molecular formula is C23H16ClFN2O. The Morgan fingerprint density at radius 1 is 1.00 bits per heavy atom. The summed E-state index contributed by atoms with van der Waals surface area (Å²) >= 11 is 6.00. The van der Waals surface area contributed by atoms with E-state index in [1.54, 1.807) is 47.4 Å². The van der Waals surface area contributed by atoms with Gasteiger partial charge >= 0.3 is 0 Å². The van der Waals surface area contributed by atoms with Crippen molar-refractivity contribution in [2.24, 2.45) is 4.99 Å². The Hall–Kier alpha value is -3.24. The number of amides is 1. The molecule has 0 atom stereocenters. The Bertz CT molecular complexity index is 1100. The second kappa shape index (κ2) is 7.41. The van der Waals surface area contributed by atoms with Crippen LogP contribution in [-0.4, -0.2) is 11.7 Å². The number of amidine groups is 1. The highest BCUT2D eigenvalue weighted by Crippen LogP contribution is 2.29. The van der Waals surface area contributed by atoms with E-state index in [4.69, 9.17) is 11.6 Å². The number of hydrogen-bond donors (Lipinski definition) is 0. The number of carbonyl (C=O) groups excluding carboxylic acids is 1. The lowest BCUT2D eigenvalue weighted by molar-refractivity contribution is -0.113. The van der Waals surface area contributed by atoms with Gasteiger partial charge in [0.2, 0.25) is 0 Å². The molecule has 0 N–H and O–H groups in total. The fourth-order valence-electron chi connectivity index (χ4n) is 3.04. The van der Waals surface area contributed by atoms with Crippen LogP contribution in [0.1, 0.15) is 16.7 Å². The van der Waals surface area contributed by atoms with E-state index in [0.29, 0.717) is 22.1 Å². The molecule has 1 amide bonds. The lowest BCUT2D eigenvalue weighted by Crippen LogP contribution is -2.32. The van der Waals surface area contributed by atoms with E-state index in [-0.39, 0.29) is 17.4 Å². The largest absolute Gasteiger partial charge is 0.282 e. The van der Waals surface area contributed by atoms with Crippen molar-refractivity contribution in [3.63, 3.8) is 0 Å². The Morgan fingerprint density at radius 2 is 1.71 bits per heavy atom. The van der Waals surface area contributed by atoms with Gasteiger partial charge in [-0.1, -0.05) is 47.5 Å². The Kier molecular flexibility index (Phi) is 4.80. The third-order valence-electron chi connectivity index (χ3n) is 4.39. The average Bonchev–Trinajstić information content (AvgIpc) is 3.01. The van der Waals surface area contributed by atoms with Gasteiger partial charge in [0.05, 0.1) is 5.69 Å². The number of aliphatic imine (C=N–C) groups is 1. The van der Waals surface area contributed by atoms with Gasteiger partial charge in [-0.2, -0.15) is 0 Å². The van der Waals surface area contributed by atoms with Crippen molar-refractivity contribution >= 4 is 35.1 Å². The molecule has 0 radical (unpaired) electrons. The molecule has 1 aliphatic heterocycles. The Labute approximate surface area is 167 Å². The summed E-state index contributed by atoms with van der Waals surface area (Å²) in [6.07, 6.45) is 1.66. The molecule has 3 nitrogen and oxygen atoms in total. The predicted molar refractivity (Wildman–Crippen MR) is 111 cm³/mol. The van der Waals surface area contributed by atoms with Gasteiger partial charge in [0.15, 0.2) is 0 Å². The SMILES string of the molecule is Cc1cccc(C2=N/C(=C/c3ccc(F)cc3)C(=O)N2c2ccc(Cl)cc2)c1. The number of benzene rings is 3. The van der Waals surface area contributed by atoms with Crippen molar-refractivity contribution < 1.29 is 9.18 Å². The number of aryl methyl sites for hydroxylation is 1. The van der Waals surface area contributed by atoms with Gasteiger partial charge in [-0.3, -0.25) is 9.69 Å². The molecule has 1 heterocycles. The molecule has 0 bridgehead atoms. The summed E-state index contributed by atoms with van der Waals surface area (Å²) in [6.45, 7) is 1.99. The van der Waals surface area contributed by atoms with Gasteiger partial charge in [-0.05, 0) is 61.0 Å². The molecule has 3 aromatic carbocycles. The topological polar surface area (TPSA) is 32.7 Å². The van der Waals surface area contributed by atoms with Gasteiger partial charge in [0.25, 0.3) is 5.91 Å². The first-order valence-corrected chi connectivity index (χ1v) is 9.12. The maximum absolute atomic E-state index is 13.2. The van der Waals surface area contributed by atoms with Crippen LogP contribution in [0.5, 0.6) is 0 Å². The van der Waals surface area contributed by atoms with Crippen molar-refractivity contribution in [2.45, 2.75) is 6.92 Å². The standard InChI is InChI=1S/C23H16ClFN2O/c1-15-3-2-4-17(13-15)22-26-21(14-16-5-9-19(25)10-6-16)23(28)27(22)20-11-7-18(24)8-12-20/h2-14H,1H3/b21-14+. The minimum atomic E-state index is -0.327. The van der Waals surface area contributed by atoms with E-state index in [9.17, 15) is 9.18 Å². The molecule has 138 valence electrons. The highest BCUT2D eigenvalue weighted by Gasteiger charge is 2.32. The van der Waals surface area contributed by atoms with Crippen molar-refractivity contribution in [2.75, 3.05) is 4.90 Å². The van der Waals surface area contributed by atoms with Gasteiger partial charge in [-0.25, -0.2) is 9.38 Å². The second-order valence-corrected chi connectivity index (χ2v) is 6.94. The molecule has 28 heavy (non-hydrogen) atoms. The van der Waals surface area contributed by atoms with Gasteiger partial charge in [0.1, 0.15) is 17.3 Å². The number of anilines is 1. The molecule has 5 heteroatoms. The minimum Gasteiger partial charge on any atom is -0.266 e. The van der Waals surface area contributed by atoms with E-state index >= 15 is 0 Å². The van der Waals surface area contributed by atoms with Gasteiger partial charge in [-0.15, -0.1) is 0 Å². The van der Waals surface area contributed by atoms with Crippen LogP contribution in [0.4, 0.5) is 10.1 Å². The highest BCUT2D eigenvalue weighted by atomic mass is 35.5. The number of nitrogens with zero attached hydrogens (tertiary/aromatic N) is 2. The van der Waals surface area contributed by atoms with Gasteiger partial charge in [0, 0.05) is 10.6 Å². The van der Waals surface area contributed by atoms with Crippen LogP contribution in [0, 0.1) is 12.7 Å². The number of hydrogen-bond acceptors (Lipinski definition) is 2. The number of rotatable bonds is 3. The monoisotopic (exact) mass is 390 g/mol. The highest BCUT2D eigenvalue weighted by molar-refractivity contribution is 6.34. The smallest absolute Gasteiger partial charge is 0.266 e. The van der Waals surface area contributed by atoms with Crippen LogP contribution in [0.25, 0.3) is 6.08 Å². The molecule has 4 rings (SSSR count). The van der Waals surface area contributed by atoms with Crippen LogP contribution >= 0.6 is 11.6 Å². The molecule has 1 aliphatic rings. The zero-order valence-corrected chi connectivity index (χ0v) is 15.8. The Balaban J connectivity index is 1.82. The number of halogens is 2. The average molecular weight is 391 g/mol. The fraction of sp³-hybridized carbons (Fsp3) is 0.0435. The third-order valence-corrected chi connectivity index (χ3v) is 4.65. The third kappa shape index (κ3) is 3.59. The molecule has 0 unspecified atom stereocenters. The second-order valence-electron chi connectivity index (χ2n) is 6.50. The lowest BCUT2D eigenvalue weighted by atomic mass is 10.1. The molecule has 0 saturated carbocycles. The van der Waals surface area contributed by atoms with E-state index in [0.717, 1.165) is 11.1 Å². The molecule has 3 aromatic rings. The van der Waals surface area contributed by atoms with E-state index in [2.05, 4.69) is 4.99 Å². The molecule has 0 fully saturated rings. The van der Waals surface area contributed by atoms with Crippen LogP contribution in [0.3, 0.4) is 0 Å². The molecule has 0 aliphatic carbocycles. The summed E-state index contributed by atoms with van der Waals surface area (Å²) in [4.78, 5) is 19.3. The maximum atomic E-state index is 13.2. The van der Waals surface area contributed by atoms with Crippen LogP contribution < -0.4 is 4.90 Å². The first-order valence-electron chi connectivity index (χ1n) is 8.74. The zero-order valence-electron chi connectivity index (χ0n) is 15.1. The number of carbonyl (C=O) groups is 1. The normalized spacial score (nSPS) is 15.2. The molecule has 0 aromatic heterocycles. The van der Waals surface area contributed by atoms with Crippen LogP contribution in [0.2, 0.25) is 5.02 Å². The summed E-state index contributed by atoms with van der Waals surface area (Å²) in [5.74, 6) is -0.0285. The maximum Gasteiger partial charge on any atom is 0.282 e.